The number of nitrogens with one attached hydrogen (secondary N) is 3. The van der Waals surface area contributed by atoms with Crippen LogP contribution in [-0.4, -0.2) is 24.7 Å². The van der Waals surface area contributed by atoms with Gasteiger partial charge in [-0.3, -0.25) is 9.59 Å². The highest BCUT2D eigenvalue weighted by atomic mass is 32.2. The van der Waals surface area contributed by atoms with E-state index in [0.717, 1.165) is 16.8 Å². The fourth-order valence-corrected chi connectivity index (χ4v) is 5.17. The summed E-state index contributed by atoms with van der Waals surface area (Å²) in [5, 5.41) is 19.9. The van der Waals surface area contributed by atoms with Crippen LogP contribution in [0.5, 0.6) is 5.75 Å². The number of nitriles is 1. The first-order valence-electron chi connectivity index (χ1n) is 12.0. The van der Waals surface area contributed by atoms with Crippen molar-refractivity contribution in [1.29, 1.82) is 5.26 Å². The van der Waals surface area contributed by atoms with Crippen molar-refractivity contribution in [1.82, 2.24) is 5.32 Å². The maximum atomic E-state index is 13.6. The van der Waals surface area contributed by atoms with Crippen molar-refractivity contribution in [2.45, 2.75) is 19.8 Å². The highest BCUT2D eigenvalue weighted by molar-refractivity contribution is 8.03. The van der Waals surface area contributed by atoms with Crippen LogP contribution in [0.1, 0.15) is 24.0 Å². The predicted octanol–water partition coefficient (Wildman–Crippen LogP) is 5.71. The number of aryl methyl sites for hydroxylation is 1. The summed E-state index contributed by atoms with van der Waals surface area (Å²) >= 11 is 1.24. The summed E-state index contributed by atoms with van der Waals surface area (Å²) in [5.41, 5.74) is 4.45. The van der Waals surface area contributed by atoms with Crippen molar-refractivity contribution < 1.29 is 14.3 Å². The van der Waals surface area contributed by atoms with Crippen molar-refractivity contribution in [3.05, 3.63) is 112 Å². The molecule has 1 atom stereocenters. The van der Waals surface area contributed by atoms with E-state index in [9.17, 15) is 14.9 Å². The number of carbonyl (C=O) groups is 2. The van der Waals surface area contributed by atoms with Crippen LogP contribution >= 0.6 is 11.8 Å². The molecule has 0 aliphatic carbocycles. The van der Waals surface area contributed by atoms with Crippen LogP contribution < -0.4 is 20.7 Å². The first kappa shape index (κ1) is 26.6. The number of benzene rings is 3. The Morgan fingerprint density at radius 1 is 0.947 bits per heavy atom. The molecule has 0 fully saturated rings. The van der Waals surface area contributed by atoms with Crippen LogP contribution in [0.3, 0.4) is 0 Å². The standard InChI is InChI=1S/C30H28N4O3S/c1-19-11-7-8-14-23(19)33-26(35)18-38-30-22(17-31)28(21-12-5-4-6-13-21)27(20(2)32-30)29(36)34-24-15-9-10-16-25(24)37-3/h4-16,28,32H,18H2,1-3H3,(H,33,35)(H,34,36)/t28-/m0/s1. The molecule has 7 nitrogen and oxygen atoms in total. The molecule has 1 aliphatic heterocycles. The van der Waals surface area contributed by atoms with Crippen LogP contribution in [0, 0.1) is 18.3 Å². The van der Waals surface area contributed by atoms with Crippen LogP contribution in [0.25, 0.3) is 0 Å². The minimum Gasteiger partial charge on any atom is -0.495 e. The number of hydrogen-bond acceptors (Lipinski definition) is 6. The number of dihydropyridines is 1. The number of allylic oxidation sites excluding steroid dienone is 2. The molecule has 0 unspecified atom stereocenters. The number of ether oxygens (including phenoxy) is 1. The van der Waals surface area contributed by atoms with Gasteiger partial charge in [0.25, 0.3) is 5.91 Å². The molecule has 4 rings (SSSR count). The van der Waals surface area contributed by atoms with Crippen LogP contribution in [0.15, 0.2) is 101 Å². The third-order valence-electron chi connectivity index (χ3n) is 6.15. The Labute approximate surface area is 226 Å². The minimum atomic E-state index is -0.612. The highest BCUT2D eigenvalue weighted by Gasteiger charge is 2.35. The first-order chi connectivity index (χ1) is 18.4. The van der Waals surface area contributed by atoms with Crippen LogP contribution in [-0.2, 0) is 9.59 Å². The smallest absolute Gasteiger partial charge is 0.254 e. The fraction of sp³-hybridized carbons (Fsp3) is 0.167. The van der Waals surface area contributed by atoms with Crippen molar-refractivity contribution in [2.24, 2.45) is 0 Å². The van der Waals surface area contributed by atoms with E-state index in [1.165, 1.54) is 11.8 Å². The summed E-state index contributed by atoms with van der Waals surface area (Å²) in [6.07, 6.45) is 0. The molecular weight excluding hydrogens is 496 g/mol. The molecule has 0 bridgehead atoms. The van der Waals surface area contributed by atoms with Gasteiger partial charge in [-0.15, -0.1) is 0 Å². The maximum absolute atomic E-state index is 13.6. The first-order valence-corrected chi connectivity index (χ1v) is 13.0. The van der Waals surface area contributed by atoms with Gasteiger partial charge in [0, 0.05) is 17.0 Å². The van der Waals surface area contributed by atoms with Crippen molar-refractivity contribution in [2.75, 3.05) is 23.5 Å². The zero-order chi connectivity index (χ0) is 27.1. The molecular formula is C30H28N4O3S. The number of carbonyl (C=O) groups excluding carboxylic acids is 2. The summed E-state index contributed by atoms with van der Waals surface area (Å²) in [4.78, 5) is 26.4. The Morgan fingerprint density at radius 2 is 1.61 bits per heavy atom. The number of rotatable bonds is 8. The quantitative estimate of drug-likeness (QED) is 0.349. The molecule has 8 heteroatoms. The number of thioether (sulfide) groups is 1. The molecule has 0 aromatic heterocycles. The molecule has 192 valence electrons. The second-order valence-electron chi connectivity index (χ2n) is 8.67. The third-order valence-corrected chi connectivity index (χ3v) is 7.16. The van der Waals surface area contributed by atoms with E-state index in [1.807, 2.05) is 73.7 Å². The maximum Gasteiger partial charge on any atom is 0.254 e. The van der Waals surface area contributed by atoms with E-state index in [2.05, 4.69) is 22.0 Å². The summed E-state index contributed by atoms with van der Waals surface area (Å²) in [6, 6.07) is 26.4. The molecule has 0 spiro atoms. The van der Waals surface area contributed by atoms with Crippen LogP contribution in [0.4, 0.5) is 11.4 Å². The van der Waals surface area contributed by atoms with Gasteiger partial charge >= 0.3 is 0 Å². The number of para-hydroxylation sites is 3. The molecule has 0 saturated carbocycles. The van der Waals surface area contributed by atoms with Gasteiger partial charge in [-0.2, -0.15) is 5.26 Å². The number of methoxy groups -OCH3 is 1. The van der Waals surface area contributed by atoms with Gasteiger partial charge in [0.15, 0.2) is 0 Å². The van der Waals surface area contributed by atoms with E-state index in [4.69, 9.17) is 4.74 Å². The largest absolute Gasteiger partial charge is 0.495 e. The van der Waals surface area contributed by atoms with Crippen molar-refractivity contribution >= 4 is 35.0 Å². The lowest BCUT2D eigenvalue weighted by atomic mass is 9.82. The van der Waals surface area contributed by atoms with E-state index in [1.54, 1.807) is 26.2 Å². The minimum absolute atomic E-state index is 0.0966. The van der Waals surface area contributed by atoms with E-state index < -0.39 is 5.92 Å². The Balaban J connectivity index is 1.63. The Hall–Kier alpha value is -4.48. The van der Waals surface area contributed by atoms with Gasteiger partial charge in [0.1, 0.15) is 5.75 Å². The normalized spacial score (nSPS) is 14.8. The molecule has 38 heavy (non-hydrogen) atoms. The molecule has 1 aliphatic rings. The zero-order valence-electron chi connectivity index (χ0n) is 21.4. The summed E-state index contributed by atoms with van der Waals surface area (Å²) in [6.45, 7) is 3.73. The molecule has 0 radical (unpaired) electrons. The number of anilines is 2. The summed E-state index contributed by atoms with van der Waals surface area (Å²) in [5.74, 6) is -0.513. The fourth-order valence-electron chi connectivity index (χ4n) is 4.28. The average Bonchev–Trinajstić information content (AvgIpc) is 2.93. The average molecular weight is 525 g/mol. The van der Waals surface area contributed by atoms with Gasteiger partial charge in [0.2, 0.25) is 5.91 Å². The summed E-state index contributed by atoms with van der Waals surface area (Å²) < 4.78 is 5.39. The zero-order valence-corrected chi connectivity index (χ0v) is 22.2. The lowest BCUT2D eigenvalue weighted by molar-refractivity contribution is -0.114. The second kappa shape index (κ2) is 12.2. The number of amides is 2. The molecule has 0 saturated heterocycles. The van der Waals surface area contributed by atoms with E-state index in [-0.39, 0.29) is 17.6 Å². The third kappa shape index (κ3) is 5.90. The summed E-state index contributed by atoms with van der Waals surface area (Å²) in [7, 11) is 1.54. The molecule has 3 N–H and O–H groups in total. The van der Waals surface area contributed by atoms with Gasteiger partial charge < -0.3 is 20.7 Å². The topological polar surface area (TPSA) is 103 Å². The van der Waals surface area contributed by atoms with Gasteiger partial charge in [-0.05, 0) is 43.2 Å². The molecule has 2 amide bonds. The monoisotopic (exact) mass is 524 g/mol. The van der Waals surface area contributed by atoms with Crippen LogP contribution in [0.2, 0.25) is 0 Å². The van der Waals surface area contributed by atoms with Gasteiger partial charge in [0.05, 0.1) is 41.1 Å². The van der Waals surface area contributed by atoms with E-state index in [0.29, 0.717) is 33.3 Å². The lowest BCUT2D eigenvalue weighted by Crippen LogP contribution is -2.31. The SMILES string of the molecule is COc1ccccc1NC(=O)C1=C(C)NC(SCC(=O)Nc2ccccc2C)=C(C#N)[C@@H]1c1ccccc1. The predicted molar refractivity (Wildman–Crippen MR) is 152 cm³/mol. The Morgan fingerprint density at radius 3 is 2.29 bits per heavy atom. The second-order valence-corrected chi connectivity index (χ2v) is 9.65. The lowest BCUT2D eigenvalue weighted by Gasteiger charge is -2.30. The number of hydrogen-bond donors (Lipinski definition) is 3. The van der Waals surface area contributed by atoms with Crippen molar-refractivity contribution in [3.63, 3.8) is 0 Å². The van der Waals surface area contributed by atoms with Crippen molar-refractivity contribution in [3.8, 4) is 11.8 Å². The Bertz CT molecular complexity index is 1460. The number of nitrogens with zero attached hydrogens (tertiary/aromatic N) is 1. The van der Waals surface area contributed by atoms with Gasteiger partial charge in [-0.25, -0.2) is 0 Å². The van der Waals surface area contributed by atoms with Gasteiger partial charge in [-0.1, -0.05) is 72.4 Å². The molecule has 1 heterocycles. The molecule has 3 aromatic carbocycles. The molecule has 3 aromatic rings. The Kier molecular flexibility index (Phi) is 8.51. The van der Waals surface area contributed by atoms with E-state index >= 15 is 0 Å². The highest BCUT2D eigenvalue weighted by Crippen LogP contribution is 2.41.